The fourth-order valence-corrected chi connectivity index (χ4v) is 6.60. The second-order valence-corrected chi connectivity index (χ2v) is 12.7. The van der Waals surface area contributed by atoms with Gasteiger partial charge in [-0.1, -0.05) is 42.5 Å². The summed E-state index contributed by atoms with van der Waals surface area (Å²) in [4.78, 5) is 12.7. The van der Waals surface area contributed by atoms with E-state index in [2.05, 4.69) is 10.6 Å². The maximum atomic E-state index is 13.5. The van der Waals surface area contributed by atoms with E-state index in [4.69, 9.17) is 18.0 Å². The molecule has 2 aliphatic rings. The molecule has 1 aromatic heterocycles. The Hall–Kier alpha value is -3.07. The molecule has 0 unspecified atom stereocenters. The van der Waals surface area contributed by atoms with Gasteiger partial charge in [-0.3, -0.25) is 4.79 Å². The van der Waals surface area contributed by atoms with Gasteiger partial charge in [-0.15, -0.1) is 0 Å². The summed E-state index contributed by atoms with van der Waals surface area (Å²) in [6, 6.07) is 12.2. The second-order valence-electron chi connectivity index (χ2n) is 10.3. The number of aromatic nitrogens is 1. The second kappa shape index (κ2) is 11.3. The van der Waals surface area contributed by atoms with E-state index in [1.54, 1.807) is 6.07 Å². The van der Waals surface area contributed by atoms with Gasteiger partial charge in [0.1, 0.15) is 11.2 Å². The van der Waals surface area contributed by atoms with Crippen molar-refractivity contribution in [2.45, 2.75) is 49.6 Å². The average molecular weight is 612 g/mol. The van der Waals surface area contributed by atoms with Gasteiger partial charge in [-0.05, 0) is 36.1 Å². The van der Waals surface area contributed by atoms with Crippen molar-refractivity contribution in [2.75, 3.05) is 19.6 Å². The van der Waals surface area contributed by atoms with Gasteiger partial charge in [0.25, 0.3) is 0 Å². The Balaban J connectivity index is 1.46. The number of nitrogens with two attached hydrogens (primary N) is 1. The number of benzene rings is 2. The van der Waals surface area contributed by atoms with Crippen molar-refractivity contribution in [3.63, 3.8) is 0 Å². The molecule has 8 nitrogen and oxygen atoms in total. The van der Waals surface area contributed by atoms with Crippen LogP contribution >= 0.6 is 12.2 Å². The first-order chi connectivity index (χ1) is 19.3. The fraction of sp³-hybridized carbons (Fsp3) is 0.407. The Bertz CT molecular complexity index is 1580. The molecule has 14 heteroatoms. The van der Waals surface area contributed by atoms with Gasteiger partial charge in [-0.25, -0.2) is 12.8 Å². The van der Waals surface area contributed by atoms with Gasteiger partial charge in [0.2, 0.25) is 5.91 Å². The van der Waals surface area contributed by atoms with Crippen molar-refractivity contribution >= 4 is 44.0 Å². The Morgan fingerprint density at radius 2 is 1.88 bits per heavy atom. The number of piperidine rings is 1. The van der Waals surface area contributed by atoms with Crippen molar-refractivity contribution in [1.82, 2.24) is 19.5 Å². The summed E-state index contributed by atoms with van der Waals surface area (Å²) in [6.07, 6.45) is 1.33. The first kappa shape index (κ1) is 29.4. The van der Waals surface area contributed by atoms with Crippen LogP contribution in [-0.4, -0.2) is 65.5 Å². The normalized spacial score (nSPS) is 20.9. The molecule has 2 aromatic carbocycles. The Morgan fingerprint density at radius 1 is 1.15 bits per heavy atom. The minimum Gasteiger partial charge on any atom is -0.389 e. The van der Waals surface area contributed by atoms with Gasteiger partial charge in [0, 0.05) is 66.9 Å². The molecule has 1 amide bonds. The fourth-order valence-electron chi connectivity index (χ4n) is 5.49. The molecule has 220 valence electrons. The summed E-state index contributed by atoms with van der Waals surface area (Å²) in [6.45, 7) is -0.195. The first-order valence-electron chi connectivity index (χ1n) is 13.1. The lowest BCUT2D eigenvalue weighted by atomic mass is 10.0. The molecule has 5 rings (SSSR count). The highest BCUT2D eigenvalue weighted by molar-refractivity contribution is 7.90. The molecule has 0 aliphatic carbocycles. The van der Waals surface area contributed by atoms with Crippen molar-refractivity contribution in [1.29, 1.82) is 0 Å². The van der Waals surface area contributed by atoms with Crippen LogP contribution in [0.2, 0.25) is 0 Å². The quantitative estimate of drug-likeness (QED) is 0.278. The van der Waals surface area contributed by atoms with E-state index in [-0.39, 0.29) is 62.4 Å². The number of nitrogens with one attached hydrogen (secondary N) is 2. The van der Waals surface area contributed by atoms with Crippen LogP contribution < -0.4 is 16.4 Å². The Kier molecular flexibility index (Phi) is 8.12. The lowest BCUT2D eigenvalue weighted by Crippen LogP contribution is -2.45. The molecule has 2 aliphatic heterocycles. The van der Waals surface area contributed by atoms with Crippen LogP contribution in [0.1, 0.15) is 36.4 Å². The predicted octanol–water partition coefficient (Wildman–Crippen LogP) is 3.75. The molecule has 0 bridgehead atoms. The topological polar surface area (TPSA) is 109 Å². The highest BCUT2D eigenvalue weighted by Crippen LogP contribution is 2.38. The standard InChI is InChI=1S/C27H29F4N5O3S2/c28-19-12-23(33-14-19)26(37)34-13-16-4-5-21-22(17-2-1-3-18(11-17)25(32)40)15-36(24(21)10-16)20-6-8-35(9-7-20)41(38,39)27(29,30)31/h1-5,10-11,15,19-20,23,33H,6-9,12-14H2,(H2,32,40)(H,34,37)/t19-,23-/m0/s1. The zero-order valence-corrected chi connectivity index (χ0v) is 23.5. The number of nitrogens with zero attached hydrogens (tertiary/aromatic N) is 2. The maximum absolute atomic E-state index is 13.5. The monoisotopic (exact) mass is 611 g/mol. The van der Waals surface area contributed by atoms with Crippen molar-refractivity contribution < 1.29 is 30.8 Å². The largest absolute Gasteiger partial charge is 0.511 e. The minimum atomic E-state index is -5.40. The number of fused-ring (bicyclic) bond motifs is 1. The third-order valence-corrected chi connectivity index (χ3v) is 9.53. The van der Waals surface area contributed by atoms with Gasteiger partial charge in [-0.2, -0.15) is 17.5 Å². The van der Waals surface area contributed by atoms with Crippen LogP contribution in [0.4, 0.5) is 17.6 Å². The molecule has 4 N–H and O–H groups in total. The molecule has 0 saturated carbocycles. The van der Waals surface area contributed by atoms with Crippen LogP contribution in [0.15, 0.2) is 48.7 Å². The number of hydrogen-bond acceptors (Lipinski definition) is 5. The van der Waals surface area contributed by atoms with Gasteiger partial charge in [0.15, 0.2) is 0 Å². The summed E-state index contributed by atoms with van der Waals surface area (Å²) in [5.74, 6) is -0.297. The number of rotatable bonds is 7. The molecule has 2 atom stereocenters. The number of carbonyl (C=O) groups is 1. The molecular weight excluding hydrogens is 582 g/mol. The first-order valence-corrected chi connectivity index (χ1v) is 15.0. The third-order valence-electron chi connectivity index (χ3n) is 7.67. The summed E-state index contributed by atoms with van der Waals surface area (Å²) >= 11 is 5.13. The number of sulfonamides is 1. The summed E-state index contributed by atoms with van der Waals surface area (Å²) in [7, 11) is -5.40. The van der Waals surface area contributed by atoms with E-state index < -0.39 is 27.7 Å². The molecule has 2 fully saturated rings. The molecule has 3 aromatic rings. The zero-order chi connectivity index (χ0) is 29.5. The number of hydrogen-bond donors (Lipinski definition) is 3. The van der Waals surface area contributed by atoms with Crippen molar-refractivity contribution in [3.05, 3.63) is 59.8 Å². The summed E-state index contributed by atoms with van der Waals surface area (Å²) < 4.78 is 79.2. The van der Waals surface area contributed by atoms with Crippen LogP contribution in [0, 0.1) is 0 Å². The molecular formula is C27H29F4N5O3S2. The number of thiocarbonyl (C=S) groups is 1. The van der Waals surface area contributed by atoms with E-state index in [1.807, 2.05) is 47.2 Å². The number of carbonyl (C=O) groups excluding carboxylic acids is 1. The Morgan fingerprint density at radius 3 is 2.51 bits per heavy atom. The minimum absolute atomic E-state index is 0.116. The lowest BCUT2D eigenvalue weighted by molar-refractivity contribution is -0.123. The van der Waals surface area contributed by atoms with Crippen LogP contribution in [0.25, 0.3) is 22.0 Å². The summed E-state index contributed by atoms with van der Waals surface area (Å²) in [5, 5.41) is 6.55. The Labute approximate surface area is 239 Å². The van der Waals surface area contributed by atoms with Gasteiger partial charge < -0.3 is 20.9 Å². The average Bonchev–Trinajstić information content (AvgIpc) is 3.55. The van der Waals surface area contributed by atoms with E-state index in [0.29, 0.717) is 9.87 Å². The van der Waals surface area contributed by atoms with E-state index in [9.17, 15) is 30.8 Å². The van der Waals surface area contributed by atoms with Crippen molar-refractivity contribution in [3.8, 4) is 11.1 Å². The molecule has 3 heterocycles. The predicted molar refractivity (Wildman–Crippen MR) is 151 cm³/mol. The number of amides is 1. The van der Waals surface area contributed by atoms with E-state index in [1.165, 1.54) is 0 Å². The van der Waals surface area contributed by atoms with E-state index >= 15 is 0 Å². The number of halogens is 4. The highest BCUT2D eigenvalue weighted by Gasteiger charge is 2.50. The molecule has 2 saturated heterocycles. The van der Waals surface area contributed by atoms with Crippen LogP contribution in [0.5, 0.6) is 0 Å². The molecule has 0 spiro atoms. The van der Waals surface area contributed by atoms with Crippen molar-refractivity contribution in [2.24, 2.45) is 5.73 Å². The highest BCUT2D eigenvalue weighted by atomic mass is 32.2. The maximum Gasteiger partial charge on any atom is 0.511 e. The van der Waals surface area contributed by atoms with Crippen LogP contribution in [0.3, 0.4) is 0 Å². The zero-order valence-electron chi connectivity index (χ0n) is 21.8. The van der Waals surface area contributed by atoms with Gasteiger partial charge in [0.05, 0.1) is 6.04 Å². The van der Waals surface area contributed by atoms with Crippen LogP contribution in [-0.2, 0) is 21.4 Å². The third kappa shape index (κ3) is 5.96. The summed E-state index contributed by atoms with van der Waals surface area (Å²) in [5.41, 5.74) is 4.42. The lowest BCUT2D eigenvalue weighted by Gasteiger charge is -2.32. The smallest absolute Gasteiger partial charge is 0.389 e. The number of alkyl halides is 4. The van der Waals surface area contributed by atoms with Gasteiger partial charge >= 0.3 is 15.5 Å². The molecule has 0 radical (unpaired) electrons. The SMILES string of the molecule is NC(=S)c1cccc(-c2cn(C3CCN(S(=O)(=O)C(F)(F)F)CC3)c3cc(CNC(=O)[C@@H]4C[C@H](F)CN4)ccc23)c1. The molecule has 41 heavy (non-hydrogen) atoms. The van der Waals surface area contributed by atoms with E-state index in [0.717, 1.165) is 27.6 Å².